The van der Waals surface area contributed by atoms with E-state index in [2.05, 4.69) is 49.1 Å². The molecule has 1 rings (SSSR count). The van der Waals surface area contributed by atoms with Crippen molar-refractivity contribution < 1.29 is 5.11 Å². The first-order valence-corrected chi connectivity index (χ1v) is 5.75. The van der Waals surface area contributed by atoms with Gasteiger partial charge in [-0.15, -0.1) is 0 Å². The summed E-state index contributed by atoms with van der Waals surface area (Å²) in [6, 6.07) is 10.4. The lowest BCUT2D eigenvalue weighted by Gasteiger charge is -2.21. The predicted octanol–water partition coefficient (Wildman–Crippen LogP) is 2.45. The molecule has 0 aromatic heterocycles. The molecule has 0 saturated carbocycles. The van der Waals surface area contributed by atoms with Gasteiger partial charge >= 0.3 is 0 Å². The van der Waals surface area contributed by atoms with E-state index in [0.29, 0.717) is 0 Å². The molecular weight excluding hydrogens is 198 g/mol. The molecule has 0 bridgehead atoms. The Morgan fingerprint density at radius 2 is 2.00 bits per heavy atom. The second-order valence-corrected chi connectivity index (χ2v) is 4.05. The number of allylic oxidation sites excluding steroid dienone is 1. The Balaban J connectivity index is 2.57. The normalized spacial score (nSPS) is 12.1. The third-order valence-electron chi connectivity index (χ3n) is 2.63. The van der Waals surface area contributed by atoms with Crippen LogP contribution in [0.5, 0.6) is 0 Å². The number of aliphatic hydroxyl groups excluding tert-OH is 1. The third-order valence-corrected chi connectivity index (χ3v) is 2.63. The molecule has 2 heteroatoms. The van der Waals surface area contributed by atoms with Gasteiger partial charge in [-0.25, -0.2) is 0 Å². The second kappa shape index (κ2) is 7.20. The Morgan fingerprint density at radius 1 is 1.31 bits per heavy atom. The van der Waals surface area contributed by atoms with Gasteiger partial charge < -0.3 is 5.11 Å². The molecule has 1 aromatic rings. The molecule has 0 aliphatic carbocycles. The lowest BCUT2D eigenvalue weighted by Crippen LogP contribution is -2.28. The topological polar surface area (TPSA) is 23.5 Å². The van der Waals surface area contributed by atoms with E-state index in [4.69, 9.17) is 5.11 Å². The zero-order valence-corrected chi connectivity index (χ0v) is 10.2. The van der Waals surface area contributed by atoms with Crippen LogP contribution in [-0.2, 0) is 6.54 Å². The highest BCUT2D eigenvalue weighted by atomic mass is 16.3. The molecule has 0 aliphatic rings. The first-order valence-electron chi connectivity index (χ1n) is 5.75. The maximum Gasteiger partial charge on any atom is 0.0558 e. The minimum Gasteiger partial charge on any atom is -0.395 e. The predicted molar refractivity (Wildman–Crippen MR) is 68.2 cm³/mol. The molecule has 0 amide bonds. The third kappa shape index (κ3) is 4.60. The highest BCUT2D eigenvalue weighted by molar-refractivity contribution is 5.14. The molecule has 2 nitrogen and oxygen atoms in total. The average molecular weight is 219 g/mol. The van der Waals surface area contributed by atoms with Crippen LogP contribution < -0.4 is 0 Å². The monoisotopic (exact) mass is 219 g/mol. The molecule has 1 aromatic carbocycles. The maximum absolute atomic E-state index is 9.04. The summed E-state index contributed by atoms with van der Waals surface area (Å²) in [5.74, 6) is 0. The van der Waals surface area contributed by atoms with Gasteiger partial charge in [0.2, 0.25) is 0 Å². The first-order chi connectivity index (χ1) is 7.76. The van der Waals surface area contributed by atoms with Crippen molar-refractivity contribution in [3.05, 3.63) is 47.5 Å². The van der Waals surface area contributed by atoms with Crippen LogP contribution in [0.2, 0.25) is 0 Å². The molecule has 1 N–H and O–H groups in total. The van der Waals surface area contributed by atoms with Crippen LogP contribution in [0.15, 0.2) is 42.0 Å². The van der Waals surface area contributed by atoms with Gasteiger partial charge in [0.05, 0.1) is 6.61 Å². The summed E-state index contributed by atoms with van der Waals surface area (Å²) in [4.78, 5) is 2.25. The smallest absolute Gasteiger partial charge is 0.0558 e. The summed E-state index contributed by atoms with van der Waals surface area (Å²) in [6.45, 7) is 6.92. The zero-order valence-electron chi connectivity index (χ0n) is 10.2. The molecule has 0 atom stereocenters. The van der Waals surface area contributed by atoms with Crippen LogP contribution in [0.25, 0.3) is 0 Å². The Kier molecular flexibility index (Phi) is 5.83. The number of rotatable bonds is 6. The van der Waals surface area contributed by atoms with Crippen LogP contribution >= 0.6 is 0 Å². The van der Waals surface area contributed by atoms with Gasteiger partial charge in [-0.1, -0.05) is 42.0 Å². The van der Waals surface area contributed by atoms with Crippen molar-refractivity contribution in [2.45, 2.75) is 20.4 Å². The lowest BCUT2D eigenvalue weighted by atomic mass is 10.2. The van der Waals surface area contributed by atoms with E-state index in [-0.39, 0.29) is 6.61 Å². The summed E-state index contributed by atoms with van der Waals surface area (Å²) in [7, 11) is 0. The first kappa shape index (κ1) is 12.9. The van der Waals surface area contributed by atoms with Gasteiger partial charge in [-0.05, 0) is 19.4 Å². The van der Waals surface area contributed by atoms with Gasteiger partial charge in [0.1, 0.15) is 0 Å². The van der Waals surface area contributed by atoms with Gasteiger partial charge in [0, 0.05) is 19.6 Å². The van der Waals surface area contributed by atoms with Crippen molar-refractivity contribution in [2.24, 2.45) is 0 Å². The minimum atomic E-state index is 0.212. The minimum absolute atomic E-state index is 0.212. The average Bonchev–Trinajstić information content (AvgIpc) is 2.30. The standard InChI is InChI=1S/C14H21NO/c1-3-13(2)11-15(9-10-16)12-14-7-5-4-6-8-14/h3-8,16H,9-12H2,1-2H3/b13-3+. The SMILES string of the molecule is C/C=C(\C)CN(CCO)Cc1ccccc1. The van der Waals surface area contributed by atoms with E-state index in [9.17, 15) is 0 Å². The summed E-state index contributed by atoms with van der Waals surface area (Å²) in [6.07, 6.45) is 2.12. The quantitative estimate of drug-likeness (QED) is 0.743. The molecule has 0 heterocycles. The number of aliphatic hydroxyl groups is 1. The van der Waals surface area contributed by atoms with Gasteiger partial charge in [0.25, 0.3) is 0 Å². The lowest BCUT2D eigenvalue weighted by molar-refractivity contribution is 0.200. The molecule has 16 heavy (non-hydrogen) atoms. The van der Waals surface area contributed by atoms with Crippen LogP contribution in [0.1, 0.15) is 19.4 Å². The van der Waals surface area contributed by atoms with Crippen LogP contribution in [0.4, 0.5) is 0 Å². The van der Waals surface area contributed by atoms with Crippen molar-refractivity contribution in [3.8, 4) is 0 Å². The highest BCUT2D eigenvalue weighted by Gasteiger charge is 2.05. The highest BCUT2D eigenvalue weighted by Crippen LogP contribution is 2.06. The molecule has 0 spiro atoms. The van der Waals surface area contributed by atoms with E-state index < -0.39 is 0 Å². The molecule has 0 fully saturated rings. The fourth-order valence-electron chi connectivity index (χ4n) is 1.64. The van der Waals surface area contributed by atoms with E-state index in [1.165, 1.54) is 11.1 Å². The fourth-order valence-corrected chi connectivity index (χ4v) is 1.64. The maximum atomic E-state index is 9.04. The molecule has 0 radical (unpaired) electrons. The van der Waals surface area contributed by atoms with Gasteiger partial charge in [0.15, 0.2) is 0 Å². The van der Waals surface area contributed by atoms with Crippen LogP contribution in [0, 0.1) is 0 Å². The molecule has 0 unspecified atom stereocenters. The summed E-state index contributed by atoms with van der Waals surface area (Å²) >= 11 is 0. The van der Waals surface area contributed by atoms with Crippen LogP contribution in [0.3, 0.4) is 0 Å². The Hall–Kier alpha value is -1.12. The second-order valence-electron chi connectivity index (χ2n) is 4.05. The van der Waals surface area contributed by atoms with E-state index in [1.54, 1.807) is 0 Å². The summed E-state index contributed by atoms with van der Waals surface area (Å²) in [5.41, 5.74) is 2.63. The van der Waals surface area contributed by atoms with Crippen molar-refractivity contribution in [3.63, 3.8) is 0 Å². The molecule has 88 valence electrons. The number of hydrogen-bond acceptors (Lipinski definition) is 2. The van der Waals surface area contributed by atoms with Crippen molar-refractivity contribution in [1.29, 1.82) is 0 Å². The molecular formula is C14H21NO. The Bertz CT molecular complexity index is 319. The van der Waals surface area contributed by atoms with Crippen molar-refractivity contribution >= 4 is 0 Å². The fraction of sp³-hybridized carbons (Fsp3) is 0.429. The van der Waals surface area contributed by atoms with E-state index in [0.717, 1.165) is 19.6 Å². The Labute approximate surface area is 98.2 Å². The largest absolute Gasteiger partial charge is 0.395 e. The van der Waals surface area contributed by atoms with Gasteiger partial charge in [-0.2, -0.15) is 0 Å². The number of benzene rings is 1. The molecule has 0 saturated heterocycles. The molecule has 0 aliphatic heterocycles. The van der Waals surface area contributed by atoms with E-state index >= 15 is 0 Å². The summed E-state index contributed by atoms with van der Waals surface area (Å²) in [5, 5.41) is 9.04. The zero-order chi connectivity index (χ0) is 11.8. The van der Waals surface area contributed by atoms with Crippen molar-refractivity contribution in [1.82, 2.24) is 4.90 Å². The van der Waals surface area contributed by atoms with Gasteiger partial charge in [-0.3, -0.25) is 4.90 Å². The van der Waals surface area contributed by atoms with Crippen LogP contribution in [-0.4, -0.2) is 29.7 Å². The van der Waals surface area contributed by atoms with E-state index in [1.807, 2.05) is 6.07 Å². The Morgan fingerprint density at radius 3 is 2.56 bits per heavy atom. The number of nitrogens with zero attached hydrogens (tertiary/aromatic N) is 1. The number of hydrogen-bond donors (Lipinski definition) is 1. The van der Waals surface area contributed by atoms with Crippen molar-refractivity contribution in [2.75, 3.05) is 19.7 Å². The summed E-state index contributed by atoms with van der Waals surface area (Å²) < 4.78 is 0.